The van der Waals surface area contributed by atoms with Gasteiger partial charge in [-0.1, -0.05) is 0 Å². The molecule has 1 atom stereocenters. The van der Waals surface area contributed by atoms with Crippen molar-refractivity contribution in [2.24, 2.45) is 0 Å². The average Bonchev–Trinajstić information content (AvgIpc) is 2.20. The maximum absolute atomic E-state index is 11.3. The summed E-state index contributed by atoms with van der Waals surface area (Å²) in [6.07, 6.45) is 0. The van der Waals surface area contributed by atoms with Crippen molar-refractivity contribution in [3.63, 3.8) is 0 Å². The molecule has 3 nitrogen and oxygen atoms in total. The van der Waals surface area contributed by atoms with E-state index in [1.807, 2.05) is 6.07 Å². The van der Waals surface area contributed by atoms with Crippen LogP contribution in [0.15, 0.2) is 22.7 Å². The molecule has 1 amide bonds. The summed E-state index contributed by atoms with van der Waals surface area (Å²) in [6.45, 7) is 1.59. The van der Waals surface area contributed by atoms with E-state index in [1.54, 1.807) is 25.1 Å². The first-order valence-corrected chi connectivity index (χ1v) is 5.42. The van der Waals surface area contributed by atoms with E-state index in [-0.39, 0.29) is 5.91 Å². The smallest absolute Gasteiger partial charge is 0.242 e. The average molecular weight is 288 g/mol. The van der Waals surface area contributed by atoms with E-state index in [9.17, 15) is 4.79 Å². The molecule has 0 aromatic heterocycles. The van der Waals surface area contributed by atoms with Gasteiger partial charge in [0.05, 0.1) is 17.3 Å². The number of nitrogens with one attached hydrogen (secondary N) is 1. The lowest BCUT2D eigenvalue weighted by molar-refractivity contribution is -0.115. The number of alkyl halides is 1. The lowest BCUT2D eigenvalue weighted by Gasteiger charge is -2.08. The third-order valence-corrected chi connectivity index (χ3v) is 2.57. The number of carbonyl (C=O) groups is 1. The number of hydrogen-bond acceptors (Lipinski definition) is 2. The molecule has 1 unspecified atom stereocenters. The topological polar surface area (TPSA) is 52.9 Å². The second-order valence-electron chi connectivity index (χ2n) is 2.91. The van der Waals surface area contributed by atoms with E-state index in [2.05, 4.69) is 21.2 Å². The Balaban J connectivity index is 2.89. The summed E-state index contributed by atoms with van der Waals surface area (Å²) in [5, 5.41) is 10.7. The highest BCUT2D eigenvalue weighted by molar-refractivity contribution is 9.10. The Morgan fingerprint density at radius 1 is 1.67 bits per heavy atom. The van der Waals surface area contributed by atoms with E-state index < -0.39 is 5.38 Å². The van der Waals surface area contributed by atoms with Gasteiger partial charge in [0.25, 0.3) is 0 Å². The predicted molar refractivity (Wildman–Crippen MR) is 62.8 cm³/mol. The number of hydrogen-bond donors (Lipinski definition) is 1. The Morgan fingerprint density at radius 3 is 2.80 bits per heavy atom. The molecule has 0 radical (unpaired) electrons. The summed E-state index contributed by atoms with van der Waals surface area (Å²) in [7, 11) is 0. The number of nitriles is 1. The molecule has 0 fully saturated rings. The molecular weight excluding hydrogens is 279 g/mol. The summed E-state index contributed by atoms with van der Waals surface area (Å²) >= 11 is 8.87. The highest BCUT2D eigenvalue weighted by atomic mass is 79.9. The Hall–Kier alpha value is -1.05. The monoisotopic (exact) mass is 286 g/mol. The van der Waals surface area contributed by atoms with Crippen molar-refractivity contribution >= 4 is 39.1 Å². The lowest BCUT2D eigenvalue weighted by Crippen LogP contribution is -2.20. The van der Waals surface area contributed by atoms with Crippen LogP contribution in [0.2, 0.25) is 0 Å². The van der Waals surface area contributed by atoms with Crippen molar-refractivity contribution in [1.82, 2.24) is 0 Å². The van der Waals surface area contributed by atoms with Gasteiger partial charge in [-0.15, -0.1) is 11.6 Å². The molecule has 1 aromatic rings. The zero-order valence-corrected chi connectivity index (χ0v) is 10.3. The summed E-state index contributed by atoms with van der Waals surface area (Å²) in [5.74, 6) is -0.276. The highest BCUT2D eigenvalue weighted by Gasteiger charge is 2.10. The number of anilines is 1. The van der Waals surface area contributed by atoms with Crippen LogP contribution in [-0.2, 0) is 4.79 Å². The maximum atomic E-state index is 11.3. The van der Waals surface area contributed by atoms with Gasteiger partial charge in [-0.25, -0.2) is 0 Å². The van der Waals surface area contributed by atoms with Crippen LogP contribution in [0.1, 0.15) is 12.5 Å². The van der Waals surface area contributed by atoms with Crippen molar-refractivity contribution in [2.75, 3.05) is 5.32 Å². The molecule has 1 aromatic carbocycles. The van der Waals surface area contributed by atoms with E-state index in [0.29, 0.717) is 15.7 Å². The third-order valence-electron chi connectivity index (χ3n) is 1.72. The summed E-state index contributed by atoms with van der Waals surface area (Å²) in [6, 6.07) is 6.91. The van der Waals surface area contributed by atoms with E-state index >= 15 is 0 Å². The van der Waals surface area contributed by atoms with Crippen LogP contribution in [0.5, 0.6) is 0 Å². The molecule has 0 saturated carbocycles. The first-order valence-electron chi connectivity index (χ1n) is 4.19. The van der Waals surface area contributed by atoms with Crippen molar-refractivity contribution < 1.29 is 4.79 Å². The molecule has 1 N–H and O–H groups in total. The van der Waals surface area contributed by atoms with E-state index in [0.717, 1.165) is 0 Å². The third kappa shape index (κ3) is 3.22. The van der Waals surface area contributed by atoms with Crippen molar-refractivity contribution in [2.45, 2.75) is 12.3 Å². The fourth-order valence-electron chi connectivity index (χ4n) is 0.918. The van der Waals surface area contributed by atoms with Gasteiger partial charge in [0.15, 0.2) is 0 Å². The molecule has 15 heavy (non-hydrogen) atoms. The van der Waals surface area contributed by atoms with Crippen LogP contribution in [0, 0.1) is 11.3 Å². The number of halogens is 2. The minimum atomic E-state index is -0.590. The molecular formula is C10H8BrClN2O. The molecule has 0 heterocycles. The van der Waals surface area contributed by atoms with Gasteiger partial charge in [-0.3, -0.25) is 4.79 Å². The SMILES string of the molecule is CC(Cl)C(=O)Nc1ccc(C#N)cc1Br. The Labute approximate surface area is 101 Å². The van der Waals surface area contributed by atoms with Gasteiger partial charge in [-0.2, -0.15) is 5.26 Å². The summed E-state index contributed by atoms with van der Waals surface area (Å²) < 4.78 is 0.659. The molecule has 0 bridgehead atoms. The van der Waals surface area contributed by atoms with Gasteiger partial charge in [0, 0.05) is 4.47 Å². The van der Waals surface area contributed by atoms with Crippen LogP contribution in [0.3, 0.4) is 0 Å². The minimum absolute atomic E-state index is 0.276. The molecule has 0 aliphatic carbocycles. The summed E-state index contributed by atoms with van der Waals surface area (Å²) in [5.41, 5.74) is 1.13. The highest BCUT2D eigenvalue weighted by Crippen LogP contribution is 2.23. The van der Waals surface area contributed by atoms with Gasteiger partial charge < -0.3 is 5.32 Å². The van der Waals surface area contributed by atoms with Crippen LogP contribution < -0.4 is 5.32 Å². The molecule has 0 aliphatic rings. The Kier molecular flexibility index (Phi) is 4.13. The van der Waals surface area contributed by atoms with Crippen molar-refractivity contribution in [3.8, 4) is 6.07 Å². The number of amides is 1. The standard InChI is InChI=1S/C10H8BrClN2O/c1-6(12)10(15)14-9-3-2-7(5-13)4-8(9)11/h2-4,6H,1H3,(H,14,15). The molecule has 0 saturated heterocycles. The first-order chi connectivity index (χ1) is 7.04. The lowest BCUT2D eigenvalue weighted by atomic mass is 10.2. The van der Waals surface area contributed by atoms with Gasteiger partial charge in [-0.05, 0) is 41.1 Å². The van der Waals surface area contributed by atoms with Crippen molar-refractivity contribution in [1.29, 1.82) is 5.26 Å². The van der Waals surface area contributed by atoms with Crippen LogP contribution in [0.4, 0.5) is 5.69 Å². The molecule has 0 spiro atoms. The second kappa shape index (κ2) is 5.15. The van der Waals surface area contributed by atoms with Crippen LogP contribution >= 0.6 is 27.5 Å². The van der Waals surface area contributed by atoms with Gasteiger partial charge in [0.2, 0.25) is 5.91 Å². The number of nitrogens with zero attached hydrogens (tertiary/aromatic N) is 1. The zero-order chi connectivity index (χ0) is 11.4. The zero-order valence-electron chi connectivity index (χ0n) is 7.92. The second-order valence-corrected chi connectivity index (χ2v) is 4.42. The van der Waals surface area contributed by atoms with E-state index in [4.69, 9.17) is 16.9 Å². The molecule has 78 valence electrons. The van der Waals surface area contributed by atoms with Crippen LogP contribution in [0.25, 0.3) is 0 Å². The number of benzene rings is 1. The minimum Gasteiger partial charge on any atom is -0.324 e. The van der Waals surface area contributed by atoms with E-state index in [1.165, 1.54) is 0 Å². The Morgan fingerprint density at radius 2 is 2.33 bits per heavy atom. The van der Waals surface area contributed by atoms with Crippen LogP contribution in [-0.4, -0.2) is 11.3 Å². The summed E-state index contributed by atoms with van der Waals surface area (Å²) in [4.78, 5) is 11.3. The normalized spacial score (nSPS) is 11.6. The van der Waals surface area contributed by atoms with Gasteiger partial charge in [0.1, 0.15) is 5.38 Å². The fourth-order valence-corrected chi connectivity index (χ4v) is 1.45. The maximum Gasteiger partial charge on any atom is 0.242 e. The van der Waals surface area contributed by atoms with Gasteiger partial charge >= 0.3 is 0 Å². The Bertz CT molecular complexity index is 426. The molecule has 1 rings (SSSR count). The first kappa shape index (κ1) is 12.0. The predicted octanol–water partition coefficient (Wildman–Crippen LogP) is 2.89. The molecule has 5 heteroatoms. The van der Waals surface area contributed by atoms with Crippen molar-refractivity contribution in [3.05, 3.63) is 28.2 Å². The number of carbonyl (C=O) groups excluding carboxylic acids is 1. The quantitative estimate of drug-likeness (QED) is 0.850. The fraction of sp³-hybridized carbons (Fsp3) is 0.200. The molecule has 0 aliphatic heterocycles. The number of rotatable bonds is 2. The largest absolute Gasteiger partial charge is 0.324 e.